The van der Waals surface area contributed by atoms with Crippen molar-refractivity contribution in [2.75, 3.05) is 0 Å². The summed E-state index contributed by atoms with van der Waals surface area (Å²) in [5.74, 6) is 0.658. The Bertz CT molecular complexity index is 1190. The van der Waals surface area contributed by atoms with Crippen molar-refractivity contribution in [3.05, 3.63) is 69.3 Å². The minimum atomic E-state index is -0.302. The van der Waals surface area contributed by atoms with Crippen molar-refractivity contribution in [1.29, 1.82) is 0 Å². The van der Waals surface area contributed by atoms with Crippen molar-refractivity contribution in [1.82, 2.24) is 14.5 Å². The minimum Gasteiger partial charge on any atom is -0.439 e. The molecule has 5 rings (SSSR count). The molecular formula is C20H16FN3O2S. The van der Waals surface area contributed by atoms with E-state index < -0.39 is 0 Å². The molecule has 0 saturated carbocycles. The van der Waals surface area contributed by atoms with Crippen molar-refractivity contribution in [2.45, 2.75) is 32.2 Å². The molecule has 136 valence electrons. The molecule has 0 amide bonds. The highest BCUT2D eigenvalue weighted by molar-refractivity contribution is 7.18. The number of nitrogens with zero attached hydrogens (tertiary/aromatic N) is 3. The molecule has 0 radical (unpaired) electrons. The second kappa shape index (κ2) is 6.42. The largest absolute Gasteiger partial charge is 0.439 e. The number of oxazole rings is 1. The maximum absolute atomic E-state index is 13.1. The number of hydrogen-bond acceptors (Lipinski definition) is 5. The zero-order chi connectivity index (χ0) is 18.4. The molecule has 5 nitrogen and oxygen atoms in total. The maximum Gasteiger partial charge on any atom is 0.262 e. The lowest BCUT2D eigenvalue weighted by Crippen LogP contribution is -2.21. The summed E-state index contributed by atoms with van der Waals surface area (Å²) in [7, 11) is 0. The number of hydrogen-bond donors (Lipinski definition) is 0. The molecule has 3 aromatic heterocycles. The molecule has 4 aromatic rings. The van der Waals surface area contributed by atoms with E-state index in [0.717, 1.165) is 35.0 Å². The zero-order valence-electron chi connectivity index (χ0n) is 14.4. The summed E-state index contributed by atoms with van der Waals surface area (Å²) >= 11 is 1.64. The van der Waals surface area contributed by atoms with Gasteiger partial charge >= 0.3 is 0 Å². The third-order valence-electron chi connectivity index (χ3n) is 4.93. The molecular weight excluding hydrogens is 365 g/mol. The highest BCUT2D eigenvalue weighted by Crippen LogP contribution is 2.33. The SMILES string of the molecule is O=c1c2c3c(sc2ncn1Cc1ncc(-c2ccc(F)cc2)o1)CCCC3. The van der Waals surface area contributed by atoms with Gasteiger partial charge in [0.2, 0.25) is 5.89 Å². The van der Waals surface area contributed by atoms with E-state index >= 15 is 0 Å². The van der Waals surface area contributed by atoms with Gasteiger partial charge in [0.1, 0.15) is 17.2 Å². The van der Waals surface area contributed by atoms with Gasteiger partial charge in [-0.2, -0.15) is 0 Å². The van der Waals surface area contributed by atoms with Crippen LogP contribution in [0.15, 0.2) is 46.0 Å². The van der Waals surface area contributed by atoms with Crippen LogP contribution in [0.3, 0.4) is 0 Å². The van der Waals surface area contributed by atoms with E-state index in [9.17, 15) is 9.18 Å². The van der Waals surface area contributed by atoms with Gasteiger partial charge in [0.15, 0.2) is 5.76 Å². The van der Waals surface area contributed by atoms with Crippen molar-refractivity contribution in [3.8, 4) is 11.3 Å². The molecule has 3 heterocycles. The lowest BCUT2D eigenvalue weighted by atomic mass is 9.97. The van der Waals surface area contributed by atoms with Gasteiger partial charge in [0, 0.05) is 10.4 Å². The third-order valence-corrected chi connectivity index (χ3v) is 6.13. The Morgan fingerprint density at radius 3 is 2.81 bits per heavy atom. The van der Waals surface area contributed by atoms with Gasteiger partial charge in [-0.25, -0.2) is 14.4 Å². The van der Waals surface area contributed by atoms with Crippen molar-refractivity contribution >= 4 is 21.6 Å². The quantitative estimate of drug-likeness (QED) is 0.534. The molecule has 1 aromatic carbocycles. The van der Waals surface area contributed by atoms with Gasteiger partial charge < -0.3 is 4.42 Å². The first kappa shape index (κ1) is 16.4. The standard InChI is InChI=1S/C20H16FN3O2S/c21-13-7-5-12(6-8-13)15-9-22-17(26-15)10-24-11-23-19-18(20(24)25)14-3-1-2-4-16(14)27-19/h5-9,11H,1-4,10H2. The normalized spacial score (nSPS) is 13.8. The monoisotopic (exact) mass is 381 g/mol. The fraction of sp³-hybridized carbons (Fsp3) is 0.250. The van der Waals surface area contributed by atoms with E-state index in [1.54, 1.807) is 40.6 Å². The molecule has 0 unspecified atom stereocenters. The maximum atomic E-state index is 13.1. The molecule has 7 heteroatoms. The van der Waals surface area contributed by atoms with Crippen LogP contribution in [0.1, 0.15) is 29.2 Å². The van der Waals surface area contributed by atoms with Gasteiger partial charge in [0.25, 0.3) is 5.56 Å². The summed E-state index contributed by atoms with van der Waals surface area (Å²) in [5.41, 5.74) is 1.87. The van der Waals surface area contributed by atoms with Crippen molar-refractivity contribution < 1.29 is 8.81 Å². The molecule has 0 aliphatic heterocycles. The molecule has 1 aliphatic carbocycles. The van der Waals surface area contributed by atoms with Crippen molar-refractivity contribution in [3.63, 3.8) is 0 Å². The lowest BCUT2D eigenvalue weighted by molar-refractivity contribution is 0.484. The number of thiophene rings is 1. The van der Waals surface area contributed by atoms with Crippen LogP contribution >= 0.6 is 11.3 Å². The Balaban J connectivity index is 1.49. The number of halogens is 1. The van der Waals surface area contributed by atoms with Crippen LogP contribution in [0.2, 0.25) is 0 Å². The first-order valence-corrected chi connectivity index (χ1v) is 9.71. The first-order valence-electron chi connectivity index (χ1n) is 8.89. The minimum absolute atomic E-state index is 0.0408. The summed E-state index contributed by atoms with van der Waals surface area (Å²) in [6.07, 6.45) is 7.44. The number of aromatic nitrogens is 3. The summed E-state index contributed by atoms with van der Waals surface area (Å²) in [5, 5.41) is 0.752. The first-order chi connectivity index (χ1) is 13.2. The molecule has 0 bridgehead atoms. The van der Waals surface area contributed by atoms with Gasteiger partial charge in [0.05, 0.1) is 17.9 Å². The van der Waals surface area contributed by atoms with Crippen LogP contribution in [0.5, 0.6) is 0 Å². The molecule has 0 atom stereocenters. The molecule has 27 heavy (non-hydrogen) atoms. The average Bonchev–Trinajstić information content (AvgIpc) is 3.29. The number of benzene rings is 1. The smallest absolute Gasteiger partial charge is 0.262 e. The van der Waals surface area contributed by atoms with Gasteiger partial charge in [-0.3, -0.25) is 9.36 Å². The average molecular weight is 381 g/mol. The van der Waals surface area contributed by atoms with E-state index in [0.29, 0.717) is 11.7 Å². The van der Waals surface area contributed by atoms with Crippen LogP contribution in [0, 0.1) is 5.82 Å². The molecule has 0 saturated heterocycles. The summed E-state index contributed by atoms with van der Waals surface area (Å²) in [4.78, 5) is 23.9. The van der Waals surface area contributed by atoms with Gasteiger partial charge in [-0.1, -0.05) is 0 Å². The summed E-state index contributed by atoms with van der Waals surface area (Å²) in [6.45, 7) is 0.216. The highest BCUT2D eigenvalue weighted by atomic mass is 32.1. The van der Waals surface area contributed by atoms with Gasteiger partial charge in [-0.15, -0.1) is 11.3 Å². The van der Waals surface area contributed by atoms with E-state index in [1.165, 1.54) is 29.0 Å². The van der Waals surface area contributed by atoms with Crippen LogP contribution < -0.4 is 5.56 Å². The zero-order valence-corrected chi connectivity index (χ0v) is 15.3. The Kier molecular flexibility index (Phi) is 3.89. The Morgan fingerprint density at radius 1 is 1.15 bits per heavy atom. The second-order valence-electron chi connectivity index (χ2n) is 6.69. The lowest BCUT2D eigenvalue weighted by Gasteiger charge is -2.10. The Morgan fingerprint density at radius 2 is 1.96 bits per heavy atom. The van der Waals surface area contributed by atoms with Crippen LogP contribution in [0.25, 0.3) is 21.5 Å². The highest BCUT2D eigenvalue weighted by Gasteiger charge is 2.20. The van der Waals surface area contributed by atoms with E-state index in [-0.39, 0.29) is 17.9 Å². The molecule has 0 N–H and O–H groups in total. The van der Waals surface area contributed by atoms with Gasteiger partial charge in [-0.05, 0) is 55.5 Å². The van der Waals surface area contributed by atoms with E-state index in [1.807, 2.05) is 0 Å². The predicted octanol–water partition coefficient (Wildman–Crippen LogP) is 4.18. The van der Waals surface area contributed by atoms with E-state index in [4.69, 9.17) is 4.42 Å². The third kappa shape index (κ3) is 2.88. The number of aryl methyl sites for hydroxylation is 2. The topological polar surface area (TPSA) is 60.9 Å². The van der Waals surface area contributed by atoms with Crippen LogP contribution in [-0.4, -0.2) is 14.5 Å². The van der Waals surface area contributed by atoms with E-state index in [2.05, 4.69) is 9.97 Å². The number of fused-ring (bicyclic) bond motifs is 3. The fourth-order valence-electron chi connectivity index (χ4n) is 3.57. The van der Waals surface area contributed by atoms with Crippen LogP contribution in [0.4, 0.5) is 4.39 Å². The fourth-order valence-corrected chi connectivity index (χ4v) is 4.79. The summed E-state index contributed by atoms with van der Waals surface area (Å²) < 4.78 is 20.4. The van der Waals surface area contributed by atoms with Crippen LogP contribution in [-0.2, 0) is 19.4 Å². The Hall–Kier alpha value is -2.80. The molecule has 0 spiro atoms. The number of rotatable bonds is 3. The second-order valence-corrected chi connectivity index (χ2v) is 7.78. The summed E-state index contributed by atoms with van der Waals surface area (Å²) in [6, 6.07) is 6.02. The molecule has 0 fully saturated rings. The predicted molar refractivity (Wildman–Crippen MR) is 102 cm³/mol. The Labute approximate surface area is 158 Å². The molecule has 1 aliphatic rings. The van der Waals surface area contributed by atoms with Crippen molar-refractivity contribution in [2.24, 2.45) is 0 Å².